The Hall–Kier alpha value is -3.38. The molecule has 0 aliphatic heterocycles. The lowest BCUT2D eigenvalue weighted by atomic mass is 9.97. The molecule has 2 aromatic carbocycles. The quantitative estimate of drug-likeness (QED) is 0.144. The Balaban J connectivity index is 1.89. The number of halogens is 3. The molecular formula is C23H18F3N3O4S2. The zero-order chi connectivity index (χ0) is 25.5. The second kappa shape index (κ2) is 9.34. The van der Waals surface area contributed by atoms with Crippen molar-refractivity contribution in [2.24, 2.45) is 0 Å². The molecule has 182 valence electrons. The van der Waals surface area contributed by atoms with Crippen LogP contribution in [0.3, 0.4) is 0 Å². The fourth-order valence-electron chi connectivity index (χ4n) is 3.61. The highest BCUT2D eigenvalue weighted by Gasteiger charge is 2.34. The molecule has 0 bridgehead atoms. The Kier molecular flexibility index (Phi) is 6.60. The molecule has 0 atom stereocenters. The minimum atomic E-state index is -4.73. The number of rotatable bonds is 5. The van der Waals surface area contributed by atoms with Gasteiger partial charge in [0.15, 0.2) is 16.6 Å². The lowest BCUT2D eigenvalue weighted by Gasteiger charge is -2.14. The first kappa shape index (κ1) is 24.7. The number of thioether (sulfide) groups is 1. The molecule has 0 radical (unpaired) electrons. The van der Waals surface area contributed by atoms with E-state index in [4.69, 9.17) is 4.89 Å². The zero-order valence-corrected chi connectivity index (χ0v) is 20.5. The molecule has 0 fully saturated rings. The van der Waals surface area contributed by atoms with Gasteiger partial charge in [-0.2, -0.15) is 17.5 Å². The SMILES string of the molecule is CSc1nc(C(F)(F)F)cc(=O)n1-c1ccc2snc(-c3c(C)ccc(OOC(C)=O)c3C)c2c1. The summed E-state index contributed by atoms with van der Waals surface area (Å²) in [5.74, 6) is -0.263. The van der Waals surface area contributed by atoms with Gasteiger partial charge in [0.25, 0.3) is 5.56 Å². The molecule has 0 unspecified atom stereocenters. The third-order valence-electron chi connectivity index (χ3n) is 5.18. The minimum Gasteiger partial charge on any atom is -0.287 e. The summed E-state index contributed by atoms with van der Waals surface area (Å²) in [6, 6.07) is 9.05. The Morgan fingerprint density at radius 2 is 1.89 bits per heavy atom. The predicted octanol–water partition coefficient (Wildman–Crippen LogP) is 5.72. The van der Waals surface area contributed by atoms with Crippen molar-refractivity contribution < 1.29 is 27.7 Å². The number of carbonyl (C=O) groups excluding carboxylic acids is 1. The van der Waals surface area contributed by atoms with Crippen LogP contribution < -0.4 is 10.4 Å². The number of benzene rings is 2. The molecule has 7 nitrogen and oxygen atoms in total. The van der Waals surface area contributed by atoms with Gasteiger partial charge in [0, 0.05) is 29.5 Å². The average molecular weight is 522 g/mol. The molecule has 0 spiro atoms. The molecule has 2 aromatic heterocycles. The van der Waals surface area contributed by atoms with Crippen LogP contribution in [-0.4, -0.2) is 26.1 Å². The predicted molar refractivity (Wildman–Crippen MR) is 127 cm³/mol. The number of nitrogens with zero attached hydrogens (tertiary/aromatic N) is 3. The number of aromatic nitrogens is 3. The molecule has 0 aliphatic rings. The maximum absolute atomic E-state index is 13.2. The van der Waals surface area contributed by atoms with Crippen LogP contribution in [0.15, 0.2) is 46.3 Å². The number of hydrogen-bond donors (Lipinski definition) is 0. The van der Waals surface area contributed by atoms with Crippen molar-refractivity contribution in [1.29, 1.82) is 0 Å². The molecule has 0 amide bonds. The maximum atomic E-state index is 13.2. The van der Waals surface area contributed by atoms with Gasteiger partial charge in [-0.15, -0.1) is 0 Å². The molecular weight excluding hydrogens is 503 g/mol. The normalized spacial score (nSPS) is 11.6. The second-order valence-corrected chi connectivity index (χ2v) is 9.13. The van der Waals surface area contributed by atoms with Gasteiger partial charge >= 0.3 is 12.1 Å². The smallest absolute Gasteiger partial charge is 0.287 e. The van der Waals surface area contributed by atoms with E-state index in [0.717, 1.165) is 32.2 Å². The van der Waals surface area contributed by atoms with E-state index in [1.165, 1.54) is 18.5 Å². The molecule has 4 rings (SSSR count). The molecule has 2 heterocycles. The minimum absolute atomic E-state index is 0.0851. The first-order valence-corrected chi connectivity index (χ1v) is 12.1. The van der Waals surface area contributed by atoms with Crippen molar-refractivity contribution >= 4 is 39.3 Å². The van der Waals surface area contributed by atoms with Gasteiger partial charge in [-0.25, -0.2) is 9.78 Å². The molecule has 0 saturated carbocycles. The number of aryl methyl sites for hydroxylation is 1. The van der Waals surface area contributed by atoms with Crippen LogP contribution in [0.4, 0.5) is 13.2 Å². The van der Waals surface area contributed by atoms with E-state index >= 15 is 0 Å². The summed E-state index contributed by atoms with van der Waals surface area (Å²) in [7, 11) is 0. The van der Waals surface area contributed by atoms with E-state index < -0.39 is 23.4 Å². The van der Waals surface area contributed by atoms with Crippen LogP contribution in [0, 0.1) is 13.8 Å². The van der Waals surface area contributed by atoms with Crippen LogP contribution in [0.25, 0.3) is 27.0 Å². The Morgan fingerprint density at radius 3 is 2.54 bits per heavy atom. The maximum Gasteiger partial charge on any atom is 0.433 e. The van der Waals surface area contributed by atoms with Gasteiger partial charge in [0.2, 0.25) is 0 Å². The number of carbonyl (C=O) groups is 1. The van der Waals surface area contributed by atoms with E-state index in [9.17, 15) is 22.8 Å². The third-order valence-corrected chi connectivity index (χ3v) is 6.65. The first-order chi connectivity index (χ1) is 16.5. The summed E-state index contributed by atoms with van der Waals surface area (Å²) in [6.45, 7) is 4.91. The summed E-state index contributed by atoms with van der Waals surface area (Å²) in [5.41, 5.74) is 1.20. The molecule has 4 aromatic rings. The van der Waals surface area contributed by atoms with Crippen molar-refractivity contribution in [3.05, 3.63) is 63.6 Å². The summed E-state index contributed by atoms with van der Waals surface area (Å²) < 4.78 is 46.0. The van der Waals surface area contributed by atoms with E-state index in [1.807, 2.05) is 6.92 Å². The van der Waals surface area contributed by atoms with Crippen molar-refractivity contribution in [2.45, 2.75) is 32.1 Å². The summed E-state index contributed by atoms with van der Waals surface area (Å²) >= 11 is 2.18. The van der Waals surface area contributed by atoms with Crippen molar-refractivity contribution in [3.8, 4) is 22.7 Å². The molecule has 0 N–H and O–H groups in total. The molecule has 0 saturated heterocycles. The highest BCUT2D eigenvalue weighted by atomic mass is 32.2. The van der Waals surface area contributed by atoms with Crippen LogP contribution in [0.1, 0.15) is 23.7 Å². The Bertz CT molecular complexity index is 1510. The summed E-state index contributed by atoms with van der Waals surface area (Å²) in [6.07, 6.45) is -3.18. The highest BCUT2D eigenvalue weighted by molar-refractivity contribution is 7.98. The second-order valence-electron chi connectivity index (χ2n) is 7.55. The topological polar surface area (TPSA) is 83.3 Å². The lowest BCUT2D eigenvalue weighted by Crippen LogP contribution is -2.24. The van der Waals surface area contributed by atoms with Gasteiger partial charge < -0.3 is 0 Å². The molecule has 0 aliphatic carbocycles. The average Bonchev–Trinajstić information content (AvgIpc) is 3.20. The summed E-state index contributed by atoms with van der Waals surface area (Å²) in [5, 5.41) is 0.611. The van der Waals surface area contributed by atoms with Gasteiger partial charge in [0.05, 0.1) is 16.1 Å². The van der Waals surface area contributed by atoms with Crippen LogP contribution in [0.2, 0.25) is 0 Å². The van der Waals surface area contributed by atoms with Gasteiger partial charge in [-0.1, -0.05) is 17.8 Å². The standard InChI is InChI=1S/C23H18F3N3O4S2/c1-11-5-7-16(33-32-13(3)30)12(2)20(11)21-15-9-14(6-8-17(15)35-28-21)29-19(31)10-18(23(24,25)26)27-22(29)34-4/h5-10H,1-4H3. The van der Waals surface area contributed by atoms with Crippen LogP contribution in [0.5, 0.6) is 5.75 Å². The first-order valence-electron chi connectivity index (χ1n) is 10.1. The lowest BCUT2D eigenvalue weighted by molar-refractivity contribution is -0.211. The Morgan fingerprint density at radius 1 is 1.14 bits per heavy atom. The van der Waals surface area contributed by atoms with Crippen molar-refractivity contribution in [1.82, 2.24) is 13.9 Å². The van der Waals surface area contributed by atoms with Crippen molar-refractivity contribution in [3.63, 3.8) is 0 Å². The van der Waals surface area contributed by atoms with E-state index in [0.29, 0.717) is 34.1 Å². The number of fused-ring (bicyclic) bond motifs is 1. The number of hydrogen-bond acceptors (Lipinski definition) is 8. The highest BCUT2D eigenvalue weighted by Crippen LogP contribution is 2.39. The van der Waals surface area contributed by atoms with Gasteiger partial charge in [-0.05, 0) is 61.5 Å². The third kappa shape index (κ3) is 4.76. The number of alkyl halides is 3. The summed E-state index contributed by atoms with van der Waals surface area (Å²) in [4.78, 5) is 37.4. The van der Waals surface area contributed by atoms with Crippen LogP contribution >= 0.6 is 23.3 Å². The van der Waals surface area contributed by atoms with E-state index in [2.05, 4.69) is 14.2 Å². The van der Waals surface area contributed by atoms with E-state index in [1.54, 1.807) is 43.5 Å². The van der Waals surface area contributed by atoms with Gasteiger partial charge in [-0.3, -0.25) is 19.1 Å². The monoisotopic (exact) mass is 521 g/mol. The fraction of sp³-hybridized carbons (Fsp3) is 0.217. The van der Waals surface area contributed by atoms with Gasteiger partial charge in [0.1, 0.15) is 0 Å². The molecule has 12 heteroatoms. The largest absolute Gasteiger partial charge is 0.433 e. The zero-order valence-electron chi connectivity index (χ0n) is 18.9. The fourth-order valence-corrected chi connectivity index (χ4v) is 4.94. The molecule has 35 heavy (non-hydrogen) atoms. The Labute approximate surface area is 205 Å². The van der Waals surface area contributed by atoms with Crippen molar-refractivity contribution in [2.75, 3.05) is 6.26 Å². The van der Waals surface area contributed by atoms with Crippen LogP contribution in [-0.2, 0) is 15.9 Å². The van der Waals surface area contributed by atoms with E-state index in [-0.39, 0.29) is 5.16 Å².